The van der Waals surface area contributed by atoms with Crippen LogP contribution in [0.2, 0.25) is 0 Å². The summed E-state index contributed by atoms with van der Waals surface area (Å²) in [5.41, 5.74) is 1.12. The zero-order valence-corrected chi connectivity index (χ0v) is 9.82. The van der Waals surface area contributed by atoms with E-state index in [2.05, 4.69) is 30.2 Å². The second-order valence-corrected chi connectivity index (χ2v) is 4.02. The van der Waals surface area contributed by atoms with Crippen LogP contribution in [0.15, 0.2) is 30.5 Å². The maximum atomic E-state index is 5.25. The van der Waals surface area contributed by atoms with Crippen molar-refractivity contribution in [1.82, 2.24) is 4.98 Å². The van der Waals surface area contributed by atoms with Gasteiger partial charge in [0.2, 0.25) is 5.88 Å². The number of benzene rings is 1. The lowest BCUT2D eigenvalue weighted by molar-refractivity contribution is 0.403. The van der Waals surface area contributed by atoms with Crippen molar-refractivity contribution in [2.24, 2.45) is 0 Å². The highest BCUT2D eigenvalue weighted by Gasteiger charge is 2.06. The molecule has 0 aliphatic carbocycles. The lowest BCUT2D eigenvalue weighted by Gasteiger charge is -2.13. The average molecular weight is 216 g/mol. The van der Waals surface area contributed by atoms with Crippen LogP contribution in [0.5, 0.6) is 5.88 Å². The van der Waals surface area contributed by atoms with Gasteiger partial charge in [0, 0.05) is 28.7 Å². The van der Waals surface area contributed by atoms with E-state index in [9.17, 15) is 0 Å². The molecule has 1 aromatic heterocycles. The lowest BCUT2D eigenvalue weighted by Crippen LogP contribution is -2.09. The third kappa shape index (κ3) is 1.94. The fraction of sp³-hybridized carbons (Fsp3) is 0.308. The van der Waals surface area contributed by atoms with Crippen LogP contribution in [0.4, 0.5) is 5.69 Å². The molecule has 84 valence electrons. The minimum absolute atomic E-state index is 0.407. The predicted octanol–water partition coefficient (Wildman–Crippen LogP) is 3.06. The van der Waals surface area contributed by atoms with Crippen LogP contribution in [0, 0.1) is 0 Å². The first-order valence-electron chi connectivity index (χ1n) is 5.40. The van der Waals surface area contributed by atoms with Crippen molar-refractivity contribution in [1.29, 1.82) is 0 Å². The molecule has 16 heavy (non-hydrogen) atoms. The Bertz CT molecular complexity index is 494. The average Bonchev–Trinajstić information content (AvgIpc) is 2.28. The molecular formula is C13H16N2O. The van der Waals surface area contributed by atoms with Gasteiger partial charge in [-0.3, -0.25) is 0 Å². The highest BCUT2D eigenvalue weighted by Crippen LogP contribution is 2.28. The van der Waals surface area contributed by atoms with E-state index in [4.69, 9.17) is 4.74 Å². The maximum absolute atomic E-state index is 5.25. The standard InChI is InChI=1S/C13H16N2O/c1-9(2)15-12-6-4-5-11-10(12)7-8-14-13(11)16-3/h4-9,15H,1-3H3. The molecule has 0 aliphatic heterocycles. The number of aromatic nitrogens is 1. The summed E-state index contributed by atoms with van der Waals surface area (Å²) < 4.78 is 5.25. The first-order chi connectivity index (χ1) is 7.72. The van der Waals surface area contributed by atoms with Gasteiger partial charge < -0.3 is 10.1 Å². The second-order valence-electron chi connectivity index (χ2n) is 4.02. The molecule has 1 aromatic carbocycles. The predicted molar refractivity (Wildman–Crippen MR) is 67.1 cm³/mol. The van der Waals surface area contributed by atoms with E-state index in [1.165, 1.54) is 0 Å². The maximum Gasteiger partial charge on any atom is 0.221 e. The van der Waals surface area contributed by atoms with E-state index in [0.29, 0.717) is 11.9 Å². The third-order valence-corrected chi connectivity index (χ3v) is 2.41. The summed E-state index contributed by atoms with van der Waals surface area (Å²) in [6, 6.07) is 8.51. The molecule has 0 unspecified atom stereocenters. The van der Waals surface area contributed by atoms with E-state index in [1.54, 1.807) is 13.3 Å². The Morgan fingerprint density at radius 2 is 2.00 bits per heavy atom. The summed E-state index contributed by atoms with van der Waals surface area (Å²) in [4.78, 5) is 4.20. The van der Waals surface area contributed by atoms with Crippen molar-refractivity contribution in [3.63, 3.8) is 0 Å². The van der Waals surface area contributed by atoms with E-state index >= 15 is 0 Å². The van der Waals surface area contributed by atoms with Crippen LogP contribution in [-0.4, -0.2) is 18.1 Å². The molecule has 0 saturated heterocycles. The molecule has 0 bridgehead atoms. The molecule has 2 rings (SSSR count). The summed E-state index contributed by atoms with van der Waals surface area (Å²) in [6.07, 6.45) is 1.77. The molecule has 0 saturated carbocycles. The number of nitrogens with zero attached hydrogens (tertiary/aromatic N) is 1. The number of methoxy groups -OCH3 is 1. The molecule has 0 radical (unpaired) electrons. The molecule has 1 heterocycles. The third-order valence-electron chi connectivity index (χ3n) is 2.41. The van der Waals surface area contributed by atoms with Crippen molar-refractivity contribution in [2.45, 2.75) is 19.9 Å². The van der Waals surface area contributed by atoms with E-state index in [1.807, 2.05) is 18.2 Å². The Morgan fingerprint density at radius 1 is 1.19 bits per heavy atom. The van der Waals surface area contributed by atoms with Gasteiger partial charge in [-0.2, -0.15) is 0 Å². The fourth-order valence-electron chi connectivity index (χ4n) is 1.78. The van der Waals surface area contributed by atoms with Gasteiger partial charge in [-0.05, 0) is 32.0 Å². The van der Waals surface area contributed by atoms with Gasteiger partial charge in [-0.15, -0.1) is 0 Å². The summed E-state index contributed by atoms with van der Waals surface area (Å²) in [7, 11) is 1.64. The Balaban J connectivity index is 2.59. The Labute approximate surface area is 95.5 Å². The highest BCUT2D eigenvalue weighted by molar-refractivity contribution is 5.96. The van der Waals surface area contributed by atoms with Gasteiger partial charge in [-0.25, -0.2) is 4.98 Å². The molecule has 3 heteroatoms. The molecular weight excluding hydrogens is 200 g/mol. The number of anilines is 1. The number of hydrogen-bond acceptors (Lipinski definition) is 3. The first kappa shape index (κ1) is 10.7. The van der Waals surface area contributed by atoms with Crippen LogP contribution >= 0.6 is 0 Å². The molecule has 0 spiro atoms. The zero-order valence-electron chi connectivity index (χ0n) is 9.82. The van der Waals surface area contributed by atoms with Gasteiger partial charge >= 0.3 is 0 Å². The van der Waals surface area contributed by atoms with Gasteiger partial charge in [0.05, 0.1) is 7.11 Å². The van der Waals surface area contributed by atoms with Gasteiger partial charge in [0.1, 0.15) is 0 Å². The van der Waals surface area contributed by atoms with Crippen molar-refractivity contribution < 1.29 is 4.74 Å². The van der Waals surface area contributed by atoms with Gasteiger partial charge in [-0.1, -0.05) is 6.07 Å². The first-order valence-corrected chi connectivity index (χ1v) is 5.40. The van der Waals surface area contributed by atoms with Crippen molar-refractivity contribution >= 4 is 16.5 Å². The summed E-state index contributed by atoms with van der Waals surface area (Å²) in [5, 5.41) is 5.60. The lowest BCUT2D eigenvalue weighted by atomic mass is 10.1. The Kier molecular flexibility index (Phi) is 2.95. The van der Waals surface area contributed by atoms with E-state index in [0.717, 1.165) is 16.5 Å². The van der Waals surface area contributed by atoms with Crippen LogP contribution < -0.4 is 10.1 Å². The van der Waals surface area contributed by atoms with Gasteiger partial charge in [0.25, 0.3) is 0 Å². The summed E-state index contributed by atoms with van der Waals surface area (Å²) >= 11 is 0. The number of rotatable bonds is 3. The smallest absolute Gasteiger partial charge is 0.221 e. The van der Waals surface area contributed by atoms with E-state index in [-0.39, 0.29) is 0 Å². The quantitative estimate of drug-likeness (QED) is 0.856. The monoisotopic (exact) mass is 216 g/mol. The van der Waals surface area contributed by atoms with Crippen molar-refractivity contribution in [2.75, 3.05) is 12.4 Å². The molecule has 0 aliphatic rings. The van der Waals surface area contributed by atoms with Crippen LogP contribution in [0.25, 0.3) is 10.8 Å². The molecule has 1 N–H and O–H groups in total. The molecule has 0 fully saturated rings. The molecule has 3 nitrogen and oxygen atoms in total. The zero-order chi connectivity index (χ0) is 11.5. The van der Waals surface area contributed by atoms with Crippen LogP contribution in [0.3, 0.4) is 0 Å². The van der Waals surface area contributed by atoms with E-state index < -0.39 is 0 Å². The van der Waals surface area contributed by atoms with Gasteiger partial charge in [0.15, 0.2) is 0 Å². The van der Waals surface area contributed by atoms with Crippen LogP contribution in [-0.2, 0) is 0 Å². The Hall–Kier alpha value is -1.77. The SMILES string of the molecule is COc1nccc2c(NC(C)C)cccc12. The number of fused-ring (bicyclic) bond motifs is 1. The fourth-order valence-corrected chi connectivity index (χ4v) is 1.78. The minimum atomic E-state index is 0.407. The largest absolute Gasteiger partial charge is 0.481 e. The minimum Gasteiger partial charge on any atom is -0.481 e. The normalized spacial score (nSPS) is 10.8. The summed E-state index contributed by atoms with van der Waals surface area (Å²) in [5.74, 6) is 0.671. The number of nitrogens with one attached hydrogen (secondary N) is 1. The van der Waals surface area contributed by atoms with Crippen LogP contribution in [0.1, 0.15) is 13.8 Å². The number of hydrogen-bond donors (Lipinski definition) is 1. The number of ether oxygens (including phenoxy) is 1. The molecule has 0 amide bonds. The van der Waals surface area contributed by atoms with Crippen molar-refractivity contribution in [3.8, 4) is 5.88 Å². The Morgan fingerprint density at radius 3 is 2.69 bits per heavy atom. The molecule has 2 aromatic rings. The molecule has 0 atom stereocenters. The second kappa shape index (κ2) is 4.39. The topological polar surface area (TPSA) is 34.1 Å². The summed E-state index contributed by atoms with van der Waals surface area (Å²) in [6.45, 7) is 4.24. The number of pyridine rings is 1. The highest BCUT2D eigenvalue weighted by atomic mass is 16.5. The van der Waals surface area contributed by atoms with Crippen molar-refractivity contribution in [3.05, 3.63) is 30.5 Å².